The van der Waals surface area contributed by atoms with E-state index in [1.165, 1.54) is 25.9 Å². The summed E-state index contributed by atoms with van der Waals surface area (Å²) < 4.78 is 5.86. The molecule has 1 aromatic rings. The van der Waals surface area contributed by atoms with Gasteiger partial charge in [-0.15, -0.1) is 0 Å². The van der Waals surface area contributed by atoms with Crippen molar-refractivity contribution in [2.24, 2.45) is 11.3 Å². The molecule has 0 unspecified atom stereocenters. The average molecular weight is 344 g/mol. The Morgan fingerprint density at radius 3 is 2.48 bits per heavy atom. The van der Waals surface area contributed by atoms with Crippen LogP contribution in [0.25, 0.3) is 0 Å². The topological polar surface area (TPSA) is 41.6 Å². The second-order valence-electron chi connectivity index (χ2n) is 8.12. The van der Waals surface area contributed by atoms with Crippen LogP contribution >= 0.6 is 0 Å². The number of anilines is 1. The summed E-state index contributed by atoms with van der Waals surface area (Å²) in [7, 11) is 0. The molecule has 1 N–H and O–H groups in total. The maximum absolute atomic E-state index is 12.4. The Labute approximate surface area is 151 Å². The number of piperidine rings is 1. The lowest BCUT2D eigenvalue weighted by atomic mass is 9.88. The summed E-state index contributed by atoms with van der Waals surface area (Å²) in [4.78, 5) is 14.9. The summed E-state index contributed by atoms with van der Waals surface area (Å²) >= 11 is 0. The molecule has 2 aliphatic rings. The Morgan fingerprint density at radius 1 is 1.20 bits per heavy atom. The molecule has 0 aromatic heterocycles. The Bertz CT molecular complexity index is 556. The molecule has 0 atom stereocenters. The van der Waals surface area contributed by atoms with Crippen LogP contribution in [-0.4, -0.2) is 37.0 Å². The molecule has 138 valence electrons. The first-order chi connectivity index (χ1) is 12.0. The molecule has 0 bridgehead atoms. The zero-order valence-corrected chi connectivity index (χ0v) is 15.7. The molecule has 4 nitrogen and oxygen atoms in total. The number of carbonyl (C=O) groups excluding carboxylic acids is 1. The van der Waals surface area contributed by atoms with Gasteiger partial charge in [0.25, 0.3) is 0 Å². The first-order valence-electron chi connectivity index (χ1n) is 9.82. The number of hydrogen-bond donors (Lipinski definition) is 1. The van der Waals surface area contributed by atoms with Crippen LogP contribution in [-0.2, 0) is 4.79 Å². The molecule has 1 saturated heterocycles. The van der Waals surface area contributed by atoms with Crippen molar-refractivity contribution < 1.29 is 9.53 Å². The van der Waals surface area contributed by atoms with Crippen LogP contribution < -0.4 is 10.1 Å². The van der Waals surface area contributed by atoms with Crippen LogP contribution in [0, 0.1) is 11.3 Å². The molecule has 1 aliphatic carbocycles. The molecule has 2 fully saturated rings. The Morgan fingerprint density at radius 2 is 1.84 bits per heavy atom. The van der Waals surface area contributed by atoms with E-state index in [0.29, 0.717) is 0 Å². The number of hydrogen-bond acceptors (Lipinski definition) is 3. The molecular formula is C21H32N2O2. The molecule has 0 radical (unpaired) electrons. The SMILES string of the molecule is CC1CCN(CCOc2ccc(NC(=O)C3(C)CCCC3)cc2)CC1. The van der Waals surface area contributed by atoms with Crippen molar-refractivity contribution in [3.8, 4) is 5.75 Å². The number of likely N-dealkylation sites (tertiary alicyclic amines) is 1. The van der Waals surface area contributed by atoms with E-state index in [0.717, 1.165) is 56.2 Å². The monoisotopic (exact) mass is 344 g/mol. The number of ether oxygens (including phenoxy) is 1. The summed E-state index contributed by atoms with van der Waals surface area (Å²) in [6, 6.07) is 7.78. The van der Waals surface area contributed by atoms with E-state index in [2.05, 4.69) is 24.1 Å². The van der Waals surface area contributed by atoms with Gasteiger partial charge < -0.3 is 10.1 Å². The van der Waals surface area contributed by atoms with E-state index >= 15 is 0 Å². The highest BCUT2D eigenvalue weighted by Gasteiger charge is 2.36. The van der Waals surface area contributed by atoms with Crippen LogP contribution in [0.2, 0.25) is 0 Å². The summed E-state index contributed by atoms with van der Waals surface area (Å²) in [6.45, 7) is 8.50. The standard InChI is InChI=1S/C21H32N2O2/c1-17-9-13-23(14-10-17)15-16-25-19-7-5-18(6-8-19)22-20(24)21(2)11-3-4-12-21/h5-8,17H,3-4,9-16H2,1-2H3,(H,22,24). The third-order valence-corrected chi connectivity index (χ3v) is 5.92. The summed E-state index contributed by atoms with van der Waals surface area (Å²) in [5.41, 5.74) is 0.664. The fourth-order valence-electron chi connectivity index (χ4n) is 3.88. The third kappa shape index (κ3) is 4.97. The molecule has 1 aliphatic heterocycles. The highest BCUT2D eigenvalue weighted by atomic mass is 16.5. The molecular weight excluding hydrogens is 312 g/mol. The van der Waals surface area contributed by atoms with Crippen LogP contribution in [0.1, 0.15) is 52.4 Å². The Hall–Kier alpha value is -1.55. The van der Waals surface area contributed by atoms with E-state index in [-0.39, 0.29) is 11.3 Å². The lowest BCUT2D eigenvalue weighted by Crippen LogP contribution is -2.35. The van der Waals surface area contributed by atoms with Gasteiger partial charge in [0.15, 0.2) is 0 Å². The predicted octanol–water partition coefficient (Wildman–Crippen LogP) is 4.32. The maximum atomic E-state index is 12.4. The van der Waals surface area contributed by atoms with Crippen molar-refractivity contribution in [2.45, 2.75) is 52.4 Å². The molecule has 1 aromatic carbocycles. The van der Waals surface area contributed by atoms with Gasteiger partial charge in [-0.3, -0.25) is 9.69 Å². The number of amides is 1. The molecule has 1 heterocycles. The Balaban J connectivity index is 1.42. The summed E-state index contributed by atoms with van der Waals surface area (Å²) in [5, 5.41) is 3.06. The van der Waals surface area contributed by atoms with Gasteiger partial charge in [-0.25, -0.2) is 0 Å². The predicted molar refractivity (Wildman–Crippen MR) is 102 cm³/mol. The van der Waals surface area contributed by atoms with Crippen LogP contribution in [0.3, 0.4) is 0 Å². The van der Waals surface area contributed by atoms with Gasteiger partial charge in [-0.05, 0) is 69.0 Å². The second-order valence-corrected chi connectivity index (χ2v) is 8.12. The first kappa shape index (κ1) is 18.2. The van der Waals surface area contributed by atoms with Crippen molar-refractivity contribution >= 4 is 11.6 Å². The highest BCUT2D eigenvalue weighted by molar-refractivity contribution is 5.95. The highest BCUT2D eigenvalue weighted by Crippen LogP contribution is 2.38. The number of carbonyl (C=O) groups is 1. The summed E-state index contributed by atoms with van der Waals surface area (Å²) in [5.74, 6) is 1.89. The fourth-order valence-corrected chi connectivity index (χ4v) is 3.88. The minimum atomic E-state index is -0.193. The van der Waals surface area contributed by atoms with Crippen molar-refractivity contribution in [2.75, 3.05) is 31.6 Å². The van der Waals surface area contributed by atoms with Crippen molar-refractivity contribution in [1.29, 1.82) is 0 Å². The van der Waals surface area contributed by atoms with Crippen molar-refractivity contribution in [1.82, 2.24) is 4.90 Å². The van der Waals surface area contributed by atoms with Gasteiger partial charge in [0, 0.05) is 17.6 Å². The van der Waals surface area contributed by atoms with E-state index < -0.39 is 0 Å². The fraction of sp³-hybridized carbons (Fsp3) is 0.667. The number of nitrogens with zero attached hydrogens (tertiary/aromatic N) is 1. The van der Waals surface area contributed by atoms with Crippen LogP contribution in [0.5, 0.6) is 5.75 Å². The van der Waals surface area contributed by atoms with Gasteiger partial charge in [-0.1, -0.05) is 26.7 Å². The second kappa shape index (κ2) is 8.22. The third-order valence-electron chi connectivity index (χ3n) is 5.92. The number of rotatable bonds is 6. The van der Waals surface area contributed by atoms with Crippen LogP contribution in [0.4, 0.5) is 5.69 Å². The molecule has 3 rings (SSSR count). The normalized spacial score (nSPS) is 21.2. The molecule has 1 saturated carbocycles. The molecule has 0 spiro atoms. The maximum Gasteiger partial charge on any atom is 0.230 e. The van der Waals surface area contributed by atoms with E-state index in [4.69, 9.17) is 4.74 Å². The largest absolute Gasteiger partial charge is 0.492 e. The number of benzene rings is 1. The first-order valence-corrected chi connectivity index (χ1v) is 9.82. The van der Waals surface area contributed by atoms with E-state index in [1.54, 1.807) is 0 Å². The zero-order valence-electron chi connectivity index (χ0n) is 15.7. The number of nitrogens with one attached hydrogen (secondary N) is 1. The Kier molecular flexibility index (Phi) is 6.00. The minimum Gasteiger partial charge on any atom is -0.492 e. The van der Waals surface area contributed by atoms with Gasteiger partial charge >= 0.3 is 0 Å². The minimum absolute atomic E-state index is 0.151. The lowest BCUT2D eigenvalue weighted by Gasteiger charge is -2.29. The van der Waals surface area contributed by atoms with Crippen molar-refractivity contribution in [3.05, 3.63) is 24.3 Å². The smallest absolute Gasteiger partial charge is 0.230 e. The van der Waals surface area contributed by atoms with Crippen molar-refractivity contribution in [3.63, 3.8) is 0 Å². The summed E-state index contributed by atoms with van der Waals surface area (Å²) in [6.07, 6.45) is 6.91. The van der Waals surface area contributed by atoms with Gasteiger partial charge in [0.2, 0.25) is 5.91 Å². The van der Waals surface area contributed by atoms with E-state index in [1.807, 2.05) is 24.3 Å². The molecule has 25 heavy (non-hydrogen) atoms. The average Bonchev–Trinajstić information content (AvgIpc) is 3.06. The van der Waals surface area contributed by atoms with Gasteiger partial charge in [0.1, 0.15) is 12.4 Å². The molecule has 4 heteroatoms. The van der Waals surface area contributed by atoms with Gasteiger partial charge in [-0.2, -0.15) is 0 Å². The van der Waals surface area contributed by atoms with E-state index in [9.17, 15) is 4.79 Å². The van der Waals surface area contributed by atoms with Crippen LogP contribution in [0.15, 0.2) is 24.3 Å². The lowest BCUT2D eigenvalue weighted by molar-refractivity contribution is -0.124. The zero-order chi connectivity index (χ0) is 17.7. The quantitative estimate of drug-likeness (QED) is 0.836. The molecule has 1 amide bonds. The van der Waals surface area contributed by atoms with Gasteiger partial charge in [0.05, 0.1) is 0 Å².